The van der Waals surface area contributed by atoms with E-state index in [1.54, 1.807) is 96.3 Å². The van der Waals surface area contributed by atoms with E-state index in [0.717, 1.165) is 34.5 Å². The molecule has 5 rings (SSSR count). The Hall–Kier alpha value is 0. The molecule has 0 heteroatoms. The van der Waals surface area contributed by atoms with Crippen molar-refractivity contribution in [3.63, 3.8) is 0 Å². The van der Waals surface area contributed by atoms with Crippen LogP contribution in [0.3, 0.4) is 0 Å². The van der Waals surface area contributed by atoms with Gasteiger partial charge in [0, 0.05) is 0 Å². The fourth-order valence-corrected chi connectivity index (χ4v) is 9.22. The summed E-state index contributed by atoms with van der Waals surface area (Å²) < 4.78 is 0. The molecular formula is C32H58. The maximum atomic E-state index is 2.35. The standard InChI is InChI=1S/C32H58/c1-3-5-7-8-10-20-31-21-24-32(25-22-31,26-23-31)30-18-16-29(17-19-30)28-14-12-27(13-15-28)11-9-6-4-2/h27-30H,3-26H2,1-2H3/t27-,28-,29?,30?,31?,32?. The molecule has 5 saturated carbocycles. The van der Waals surface area contributed by atoms with Crippen LogP contribution in [0.2, 0.25) is 0 Å². The molecule has 0 nitrogen and oxygen atoms in total. The summed E-state index contributed by atoms with van der Waals surface area (Å²) in [6, 6.07) is 0. The highest BCUT2D eigenvalue weighted by Crippen LogP contribution is 2.63. The number of rotatable bonds is 12. The lowest BCUT2D eigenvalue weighted by Gasteiger charge is -2.58. The van der Waals surface area contributed by atoms with Gasteiger partial charge in [-0.25, -0.2) is 0 Å². The van der Waals surface area contributed by atoms with E-state index in [1.807, 2.05) is 0 Å². The summed E-state index contributed by atoms with van der Waals surface area (Å²) in [5.41, 5.74) is 1.59. The lowest BCUT2D eigenvalue weighted by Crippen LogP contribution is -2.46. The molecule has 0 aromatic heterocycles. The van der Waals surface area contributed by atoms with Gasteiger partial charge in [0.25, 0.3) is 0 Å². The summed E-state index contributed by atoms with van der Waals surface area (Å²) in [5.74, 6) is 4.40. The summed E-state index contributed by atoms with van der Waals surface area (Å²) >= 11 is 0. The highest BCUT2D eigenvalue weighted by atomic mass is 14.6. The number of hydrogen-bond acceptors (Lipinski definition) is 0. The average molecular weight is 443 g/mol. The molecule has 5 aliphatic carbocycles. The van der Waals surface area contributed by atoms with Crippen molar-refractivity contribution in [1.82, 2.24) is 0 Å². The normalized spacial score (nSPS) is 39.9. The minimum absolute atomic E-state index is 0.793. The second-order valence-electron chi connectivity index (χ2n) is 13.4. The van der Waals surface area contributed by atoms with Crippen molar-refractivity contribution in [1.29, 1.82) is 0 Å². The van der Waals surface area contributed by atoms with E-state index in [9.17, 15) is 0 Å². The molecule has 0 aromatic rings. The Labute approximate surface area is 202 Å². The fraction of sp³-hybridized carbons (Fsp3) is 1.00. The predicted molar refractivity (Wildman–Crippen MR) is 141 cm³/mol. The molecule has 0 radical (unpaired) electrons. The van der Waals surface area contributed by atoms with Crippen LogP contribution >= 0.6 is 0 Å². The Morgan fingerprint density at radius 2 is 1.06 bits per heavy atom. The third kappa shape index (κ3) is 6.16. The first-order chi connectivity index (χ1) is 15.7. The van der Waals surface area contributed by atoms with Crippen LogP contribution in [0.5, 0.6) is 0 Å². The van der Waals surface area contributed by atoms with Crippen molar-refractivity contribution in [2.75, 3.05) is 0 Å². The molecule has 32 heavy (non-hydrogen) atoms. The first-order valence-electron chi connectivity index (χ1n) is 15.7. The van der Waals surface area contributed by atoms with Gasteiger partial charge in [-0.15, -0.1) is 0 Å². The van der Waals surface area contributed by atoms with Gasteiger partial charge >= 0.3 is 0 Å². The maximum Gasteiger partial charge on any atom is -0.0269 e. The Balaban J connectivity index is 1.16. The summed E-state index contributed by atoms with van der Waals surface area (Å²) in [6.45, 7) is 4.69. The summed E-state index contributed by atoms with van der Waals surface area (Å²) in [6.07, 6.45) is 37.2. The van der Waals surface area contributed by atoms with Crippen molar-refractivity contribution >= 4 is 0 Å². The molecule has 5 aliphatic rings. The zero-order valence-corrected chi connectivity index (χ0v) is 22.3. The van der Waals surface area contributed by atoms with Gasteiger partial charge in [0.1, 0.15) is 0 Å². The van der Waals surface area contributed by atoms with Gasteiger partial charge in [0.05, 0.1) is 0 Å². The Morgan fingerprint density at radius 3 is 1.66 bits per heavy atom. The molecule has 0 atom stereocenters. The molecular weight excluding hydrogens is 384 g/mol. The predicted octanol–water partition coefficient (Wildman–Crippen LogP) is 10.9. The third-order valence-electron chi connectivity index (χ3n) is 11.7. The van der Waals surface area contributed by atoms with Gasteiger partial charge in [-0.1, -0.05) is 84.5 Å². The molecule has 0 amide bonds. The quantitative estimate of drug-likeness (QED) is 0.263. The van der Waals surface area contributed by atoms with Gasteiger partial charge in [0.2, 0.25) is 0 Å². The molecule has 0 heterocycles. The van der Waals surface area contributed by atoms with Crippen LogP contribution in [0.1, 0.15) is 168 Å². The van der Waals surface area contributed by atoms with Crippen LogP contribution in [0.4, 0.5) is 0 Å². The number of hydrogen-bond donors (Lipinski definition) is 0. The molecule has 2 bridgehead atoms. The molecule has 0 spiro atoms. The van der Waals surface area contributed by atoms with E-state index in [-0.39, 0.29) is 0 Å². The molecule has 186 valence electrons. The van der Waals surface area contributed by atoms with Crippen molar-refractivity contribution in [2.24, 2.45) is 34.5 Å². The summed E-state index contributed by atoms with van der Waals surface area (Å²) in [4.78, 5) is 0. The van der Waals surface area contributed by atoms with Gasteiger partial charge in [-0.05, 0) is 118 Å². The zero-order valence-electron chi connectivity index (χ0n) is 22.3. The van der Waals surface area contributed by atoms with Gasteiger partial charge in [-0.2, -0.15) is 0 Å². The van der Waals surface area contributed by atoms with Gasteiger partial charge in [0.15, 0.2) is 0 Å². The fourth-order valence-electron chi connectivity index (χ4n) is 9.22. The van der Waals surface area contributed by atoms with Gasteiger partial charge in [-0.3, -0.25) is 0 Å². The van der Waals surface area contributed by atoms with Crippen LogP contribution in [-0.4, -0.2) is 0 Å². The van der Waals surface area contributed by atoms with Crippen LogP contribution in [-0.2, 0) is 0 Å². The lowest BCUT2D eigenvalue weighted by molar-refractivity contribution is -0.0680. The average Bonchev–Trinajstić information content (AvgIpc) is 2.86. The second-order valence-corrected chi connectivity index (χ2v) is 13.4. The van der Waals surface area contributed by atoms with Crippen LogP contribution in [0.15, 0.2) is 0 Å². The maximum absolute atomic E-state index is 2.35. The number of fused-ring (bicyclic) bond motifs is 3. The van der Waals surface area contributed by atoms with Crippen molar-refractivity contribution in [3.8, 4) is 0 Å². The van der Waals surface area contributed by atoms with E-state index < -0.39 is 0 Å². The second kappa shape index (κ2) is 12.1. The van der Waals surface area contributed by atoms with E-state index in [2.05, 4.69) is 13.8 Å². The first kappa shape index (κ1) is 25.1. The van der Waals surface area contributed by atoms with Crippen LogP contribution in [0.25, 0.3) is 0 Å². The van der Waals surface area contributed by atoms with Crippen molar-refractivity contribution in [2.45, 2.75) is 168 Å². The highest BCUT2D eigenvalue weighted by Gasteiger charge is 2.51. The van der Waals surface area contributed by atoms with Crippen LogP contribution < -0.4 is 0 Å². The Kier molecular flexibility index (Phi) is 9.50. The molecule has 0 saturated heterocycles. The zero-order chi connectivity index (χ0) is 22.3. The monoisotopic (exact) mass is 442 g/mol. The number of unbranched alkanes of at least 4 members (excludes halogenated alkanes) is 6. The Bertz CT molecular complexity index is 492. The van der Waals surface area contributed by atoms with Crippen LogP contribution in [0, 0.1) is 34.5 Å². The van der Waals surface area contributed by atoms with Gasteiger partial charge < -0.3 is 0 Å². The molecule has 0 aromatic carbocycles. The molecule has 0 aliphatic heterocycles. The minimum Gasteiger partial charge on any atom is -0.0654 e. The first-order valence-corrected chi connectivity index (χ1v) is 15.7. The largest absolute Gasteiger partial charge is 0.0654 e. The van der Waals surface area contributed by atoms with Crippen molar-refractivity contribution < 1.29 is 0 Å². The van der Waals surface area contributed by atoms with E-state index in [0.29, 0.717) is 0 Å². The van der Waals surface area contributed by atoms with E-state index in [1.165, 1.54) is 57.8 Å². The topological polar surface area (TPSA) is 0 Å². The minimum atomic E-state index is 0.793. The molecule has 5 fully saturated rings. The molecule has 0 unspecified atom stereocenters. The van der Waals surface area contributed by atoms with Crippen molar-refractivity contribution in [3.05, 3.63) is 0 Å². The van der Waals surface area contributed by atoms with E-state index >= 15 is 0 Å². The summed E-state index contributed by atoms with van der Waals surface area (Å²) in [5, 5.41) is 0. The Morgan fingerprint density at radius 1 is 0.531 bits per heavy atom. The highest BCUT2D eigenvalue weighted by molar-refractivity contribution is 5.03. The van der Waals surface area contributed by atoms with E-state index in [4.69, 9.17) is 0 Å². The molecule has 0 N–H and O–H groups in total. The SMILES string of the molecule is CCCCCCCC12CCC(C3CCC([C@H]4CC[C@H](CCCCC)CC4)CC3)(CC1)CC2. The lowest BCUT2D eigenvalue weighted by atomic mass is 9.47. The summed E-state index contributed by atoms with van der Waals surface area (Å²) in [7, 11) is 0. The smallest absolute Gasteiger partial charge is 0.0269 e. The third-order valence-corrected chi connectivity index (χ3v) is 11.7.